The SMILES string of the molecule is COC(=O)[C@@H](N)COc1ccccc1.Cl. The van der Waals surface area contributed by atoms with Crippen molar-refractivity contribution in [2.75, 3.05) is 13.7 Å². The van der Waals surface area contributed by atoms with Crippen LogP contribution >= 0.6 is 12.4 Å². The fourth-order valence-electron chi connectivity index (χ4n) is 0.922. The highest BCUT2D eigenvalue weighted by Gasteiger charge is 2.13. The van der Waals surface area contributed by atoms with Crippen LogP contribution in [0.3, 0.4) is 0 Å². The Kier molecular flexibility index (Phi) is 6.49. The minimum absolute atomic E-state index is 0. The summed E-state index contributed by atoms with van der Waals surface area (Å²) in [5.41, 5.74) is 5.48. The zero-order valence-electron chi connectivity index (χ0n) is 8.38. The molecule has 0 heterocycles. The molecule has 0 bridgehead atoms. The average Bonchev–Trinajstić information content (AvgIpc) is 2.26. The Bertz CT molecular complexity index is 292. The fourth-order valence-corrected chi connectivity index (χ4v) is 0.922. The highest BCUT2D eigenvalue weighted by molar-refractivity contribution is 5.85. The molecule has 1 aromatic rings. The molecule has 5 heteroatoms. The molecule has 0 aromatic heterocycles. The summed E-state index contributed by atoms with van der Waals surface area (Å²) in [5.74, 6) is 0.216. The number of para-hydroxylation sites is 1. The third kappa shape index (κ3) is 4.67. The van der Waals surface area contributed by atoms with Gasteiger partial charge < -0.3 is 15.2 Å². The van der Waals surface area contributed by atoms with E-state index in [1.54, 1.807) is 12.1 Å². The second-order valence-electron chi connectivity index (χ2n) is 2.75. The van der Waals surface area contributed by atoms with E-state index in [1.807, 2.05) is 18.2 Å². The summed E-state index contributed by atoms with van der Waals surface area (Å²) < 4.78 is 9.72. The lowest BCUT2D eigenvalue weighted by molar-refractivity contribution is -0.142. The first-order valence-electron chi connectivity index (χ1n) is 4.25. The van der Waals surface area contributed by atoms with Gasteiger partial charge in [-0.05, 0) is 12.1 Å². The lowest BCUT2D eigenvalue weighted by Crippen LogP contribution is -2.37. The first kappa shape index (κ1) is 13.7. The van der Waals surface area contributed by atoms with E-state index in [4.69, 9.17) is 10.5 Å². The monoisotopic (exact) mass is 231 g/mol. The van der Waals surface area contributed by atoms with Crippen LogP contribution in [0.15, 0.2) is 30.3 Å². The summed E-state index contributed by atoms with van der Waals surface area (Å²) in [6, 6.07) is 8.43. The molecule has 1 rings (SSSR count). The standard InChI is InChI=1S/C10H13NO3.ClH/c1-13-10(12)9(11)7-14-8-5-3-2-4-6-8;/h2-6,9H,7,11H2,1H3;1H/t9-;/m0./s1. The molecule has 0 aliphatic carbocycles. The Morgan fingerprint density at radius 1 is 1.40 bits per heavy atom. The molecule has 1 aromatic carbocycles. The lowest BCUT2D eigenvalue weighted by atomic mass is 10.3. The van der Waals surface area contributed by atoms with Crippen molar-refractivity contribution < 1.29 is 14.3 Å². The molecule has 0 saturated carbocycles. The normalized spacial score (nSPS) is 11.1. The molecule has 15 heavy (non-hydrogen) atoms. The van der Waals surface area contributed by atoms with Gasteiger partial charge in [0.1, 0.15) is 18.4 Å². The number of carbonyl (C=O) groups excluding carboxylic acids is 1. The molecule has 84 valence electrons. The molecule has 2 N–H and O–H groups in total. The van der Waals surface area contributed by atoms with E-state index in [1.165, 1.54) is 7.11 Å². The van der Waals surface area contributed by atoms with Gasteiger partial charge in [-0.3, -0.25) is 4.79 Å². The largest absolute Gasteiger partial charge is 0.491 e. The maximum atomic E-state index is 10.9. The number of methoxy groups -OCH3 is 1. The summed E-state index contributed by atoms with van der Waals surface area (Å²) in [6.07, 6.45) is 0. The molecule has 4 nitrogen and oxygen atoms in total. The maximum absolute atomic E-state index is 10.9. The second-order valence-corrected chi connectivity index (χ2v) is 2.75. The molecule has 0 amide bonds. The summed E-state index contributed by atoms with van der Waals surface area (Å²) in [6.45, 7) is 0.122. The van der Waals surface area contributed by atoms with Crippen LogP contribution < -0.4 is 10.5 Å². The van der Waals surface area contributed by atoms with Gasteiger partial charge >= 0.3 is 5.97 Å². The zero-order valence-corrected chi connectivity index (χ0v) is 9.20. The Morgan fingerprint density at radius 3 is 2.53 bits per heavy atom. The molecule has 0 aliphatic rings. The van der Waals surface area contributed by atoms with Crippen molar-refractivity contribution in [1.29, 1.82) is 0 Å². The van der Waals surface area contributed by atoms with Crippen molar-refractivity contribution >= 4 is 18.4 Å². The third-order valence-corrected chi connectivity index (χ3v) is 1.68. The first-order chi connectivity index (χ1) is 6.74. The molecule has 0 saturated heterocycles. The van der Waals surface area contributed by atoms with E-state index in [9.17, 15) is 4.79 Å². The van der Waals surface area contributed by atoms with Gasteiger partial charge in [-0.25, -0.2) is 0 Å². The van der Waals surface area contributed by atoms with Gasteiger partial charge in [0.2, 0.25) is 0 Å². The average molecular weight is 232 g/mol. The van der Waals surface area contributed by atoms with Gasteiger partial charge in [0.25, 0.3) is 0 Å². The van der Waals surface area contributed by atoms with Crippen LogP contribution in [0, 0.1) is 0 Å². The summed E-state index contributed by atoms with van der Waals surface area (Å²) in [5, 5.41) is 0. The Balaban J connectivity index is 0.00000196. The molecule has 0 unspecified atom stereocenters. The van der Waals surface area contributed by atoms with Gasteiger partial charge in [-0.15, -0.1) is 12.4 Å². The maximum Gasteiger partial charge on any atom is 0.326 e. The molecule has 0 aliphatic heterocycles. The lowest BCUT2D eigenvalue weighted by Gasteiger charge is -2.10. The van der Waals surface area contributed by atoms with Gasteiger partial charge in [-0.2, -0.15) is 0 Å². The topological polar surface area (TPSA) is 61.5 Å². The number of esters is 1. The molecule has 0 fully saturated rings. The van der Waals surface area contributed by atoms with Crippen LogP contribution in [-0.4, -0.2) is 25.7 Å². The van der Waals surface area contributed by atoms with Crippen LogP contribution in [0.4, 0.5) is 0 Å². The molecule has 1 atom stereocenters. The molecule has 0 spiro atoms. The summed E-state index contributed by atoms with van der Waals surface area (Å²) >= 11 is 0. The minimum atomic E-state index is -0.736. The van der Waals surface area contributed by atoms with E-state index in [0.717, 1.165) is 0 Å². The number of ether oxygens (including phenoxy) is 2. The highest BCUT2D eigenvalue weighted by atomic mass is 35.5. The predicted octanol–water partition coefficient (Wildman–Crippen LogP) is 0.987. The number of carbonyl (C=O) groups is 1. The Labute approximate surface area is 94.8 Å². The third-order valence-electron chi connectivity index (χ3n) is 1.68. The fraction of sp³-hybridized carbons (Fsp3) is 0.300. The zero-order chi connectivity index (χ0) is 10.4. The summed E-state index contributed by atoms with van der Waals surface area (Å²) in [4.78, 5) is 10.9. The second kappa shape index (κ2) is 7.09. The number of benzene rings is 1. The van der Waals surface area contributed by atoms with E-state index in [0.29, 0.717) is 5.75 Å². The Morgan fingerprint density at radius 2 is 2.00 bits per heavy atom. The van der Waals surface area contributed by atoms with E-state index >= 15 is 0 Å². The van der Waals surface area contributed by atoms with Crippen LogP contribution in [0.1, 0.15) is 0 Å². The van der Waals surface area contributed by atoms with Crippen molar-refractivity contribution in [3.63, 3.8) is 0 Å². The van der Waals surface area contributed by atoms with Crippen molar-refractivity contribution in [1.82, 2.24) is 0 Å². The number of hydrogen-bond donors (Lipinski definition) is 1. The first-order valence-corrected chi connectivity index (χ1v) is 4.25. The van der Waals surface area contributed by atoms with E-state index in [-0.39, 0.29) is 19.0 Å². The van der Waals surface area contributed by atoms with Crippen LogP contribution in [0.25, 0.3) is 0 Å². The van der Waals surface area contributed by atoms with Crippen molar-refractivity contribution in [2.45, 2.75) is 6.04 Å². The van der Waals surface area contributed by atoms with Gasteiger partial charge in [0, 0.05) is 0 Å². The number of halogens is 1. The van der Waals surface area contributed by atoms with Crippen molar-refractivity contribution in [3.05, 3.63) is 30.3 Å². The quantitative estimate of drug-likeness (QED) is 0.785. The van der Waals surface area contributed by atoms with Crippen LogP contribution in [0.2, 0.25) is 0 Å². The van der Waals surface area contributed by atoms with Crippen LogP contribution in [-0.2, 0) is 9.53 Å². The summed E-state index contributed by atoms with van der Waals surface area (Å²) in [7, 11) is 1.30. The molecular weight excluding hydrogens is 218 g/mol. The molecular formula is C10H14ClNO3. The van der Waals surface area contributed by atoms with Crippen LogP contribution in [0.5, 0.6) is 5.75 Å². The predicted molar refractivity (Wildman–Crippen MR) is 59.2 cm³/mol. The number of rotatable bonds is 4. The number of hydrogen-bond acceptors (Lipinski definition) is 4. The van der Waals surface area contributed by atoms with Gasteiger partial charge in [0.15, 0.2) is 0 Å². The van der Waals surface area contributed by atoms with E-state index in [2.05, 4.69) is 4.74 Å². The minimum Gasteiger partial charge on any atom is -0.491 e. The van der Waals surface area contributed by atoms with Gasteiger partial charge in [-0.1, -0.05) is 18.2 Å². The smallest absolute Gasteiger partial charge is 0.326 e. The highest BCUT2D eigenvalue weighted by Crippen LogP contribution is 2.08. The van der Waals surface area contributed by atoms with E-state index < -0.39 is 12.0 Å². The Hall–Kier alpha value is -1.26. The van der Waals surface area contributed by atoms with Crippen molar-refractivity contribution in [3.8, 4) is 5.75 Å². The van der Waals surface area contributed by atoms with Gasteiger partial charge in [0.05, 0.1) is 7.11 Å². The molecule has 0 radical (unpaired) electrons. The number of nitrogens with two attached hydrogens (primary N) is 1. The van der Waals surface area contributed by atoms with Crippen molar-refractivity contribution in [2.24, 2.45) is 5.73 Å².